The van der Waals surface area contributed by atoms with E-state index in [1.54, 1.807) is 0 Å². The highest BCUT2D eigenvalue weighted by molar-refractivity contribution is 5.92. The van der Waals surface area contributed by atoms with E-state index in [0.29, 0.717) is 5.78 Å². The van der Waals surface area contributed by atoms with E-state index in [4.69, 9.17) is 0 Å². The summed E-state index contributed by atoms with van der Waals surface area (Å²) in [5, 5.41) is 0. The number of rotatable bonds is 0. The molecule has 100 valence electrons. The second-order valence-corrected chi connectivity index (χ2v) is 7.73. The molecule has 4 bridgehead atoms. The number of carbonyl (C=O) groups is 1. The predicted octanol–water partition coefficient (Wildman–Crippen LogP) is 4.37. The van der Waals surface area contributed by atoms with Crippen molar-refractivity contribution in [2.45, 2.75) is 60.3 Å². The molecule has 0 spiro atoms. The predicted molar refractivity (Wildman–Crippen MR) is 74.2 cm³/mol. The summed E-state index contributed by atoms with van der Waals surface area (Å²) in [5.41, 5.74) is 3.06. The molecular weight excluding hydrogens is 220 g/mol. The Bertz CT molecular complexity index is 443. The maximum atomic E-state index is 12.9. The Morgan fingerprint density at radius 2 is 1.94 bits per heavy atom. The molecule has 4 rings (SSSR count). The van der Waals surface area contributed by atoms with E-state index in [0.717, 1.165) is 24.7 Å². The Labute approximate surface area is 111 Å². The molecular formula is C17H26O. The normalized spacial score (nSPS) is 50.6. The largest absolute Gasteiger partial charge is 0.298 e. The fourth-order valence-electron chi connectivity index (χ4n) is 5.35. The lowest BCUT2D eigenvalue weighted by atomic mass is 9.37. The van der Waals surface area contributed by atoms with Gasteiger partial charge in [0.1, 0.15) is 5.78 Å². The smallest absolute Gasteiger partial charge is 0.146 e. The lowest BCUT2D eigenvalue weighted by Crippen LogP contribution is -2.63. The molecule has 4 saturated carbocycles. The lowest BCUT2D eigenvalue weighted by molar-refractivity contribution is -0.173. The van der Waals surface area contributed by atoms with E-state index in [2.05, 4.69) is 34.6 Å². The van der Waals surface area contributed by atoms with Crippen LogP contribution in [0.1, 0.15) is 60.3 Å². The van der Waals surface area contributed by atoms with Crippen LogP contribution in [0.25, 0.3) is 0 Å². The minimum absolute atomic E-state index is 0.0357. The Hall–Kier alpha value is -0.590. The third-order valence-electron chi connectivity index (χ3n) is 6.84. The van der Waals surface area contributed by atoms with Crippen LogP contribution in [-0.2, 0) is 4.79 Å². The number of allylic oxidation sites excluding steroid dienone is 2. The summed E-state index contributed by atoms with van der Waals surface area (Å²) < 4.78 is 0. The van der Waals surface area contributed by atoms with Gasteiger partial charge in [0.05, 0.1) is 0 Å². The number of hydrogen-bond donors (Lipinski definition) is 0. The first-order valence-corrected chi connectivity index (χ1v) is 7.52. The maximum Gasteiger partial charge on any atom is 0.146 e. The molecule has 0 aromatic carbocycles. The lowest BCUT2D eigenvalue weighted by Gasteiger charge is -2.65. The number of hydrogen-bond acceptors (Lipinski definition) is 1. The SMILES string of the molecule is CC(C)=C1C[C@@]2(C)[C@@H]3C[C@H]1C(=O)[C@@]2(C)CC[C@H]3C. The van der Waals surface area contributed by atoms with Crippen LogP contribution in [0.3, 0.4) is 0 Å². The Kier molecular flexibility index (Phi) is 2.41. The third-order valence-corrected chi connectivity index (χ3v) is 6.84. The first-order chi connectivity index (χ1) is 8.31. The first-order valence-electron chi connectivity index (χ1n) is 7.52. The summed E-state index contributed by atoms with van der Waals surface area (Å²) in [5.74, 6) is 2.39. The topological polar surface area (TPSA) is 17.1 Å². The molecule has 0 saturated heterocycles. The van der Waals surface area contributed by atoms with Crippen LogP contribution in [0.15, 0.2) is 11.1 Å². The highest BCUT2D eigenvalue weighted by Gasteiger charge is 2.66. The highest BCUT2D eigenvalue weighted by Crippen LogP contribution is 2.69. The quantitative estimate of drug-likeness (QED) is 0.580. The number of carbonyl (C=O) groups excluding carboxylic acids is 1. The van der Waals surface area contributed by atoms with Gasteiger partial charge in [0.15, 0.2) is 0 Å². The molecule has 4 fully saturated rings. The van der Waals surface area contributed by atoms with Crippen LogP contribution in [0.4, 0.5) is 0 Å². The zero-order valence-corrected chi connectivity index (χ0v) is 12.5. The summed E-state index contributed by atoms with van der Waals surface area (Å²) >= 11 is 0. The van der Waals surface area contributed by atoms with E-state index in [-0.39, 0.29) is 16.7 Å². The molecule has 0 amide bonds. The van der Waals surface area contributed by atoms with Gasteiger partial charge < -0.3 is 0 Å². The van der Waals surface area contributed by atoms with Gasteiger partial charge in [-0.3, -0.25) is 4.79 Å². The maximum absolute atomic E-state index is 12.9. The molecule has 0 N–H and O–H groups in total. The van der Waals surface area contributed by atoms with Crippen LogP contribution in [-0.4, -0.2) is 5.78 Å². The van der Waals surface area contributed by atoms with Crippen molar-refractivity contribution in [3.63, 3.8) is 0 Å². The Morgan fingerprint density at radius 3 is 2.56 bits per heavy atom. The summed E-state index contributed by atoms with van der Waals surface area (Å²) in [6.07, 6.45) is 4.68. The molecule has 0 aliphatic heterocycles. The minimum atomic E-state index is -0.0357. The van der Waals surface area contributed by atoms with E-state index in [1.165, 1.54) is 24.0 Å². The molecule has 18 heavy (non-hydrogen) atoms. The molecule has 5 atom stereocenters. The van der Waals surface area contributed by atoms with Crippen molar-refractivity contribution in [2.24, 2.45) is 28.6 Å². The molecule has 4 aliphatic rings. The molecule has 0 unspecified atom stereocenters. The highest BCUT2D eigenvalue weighted by atomic mass is 16.1. The molecule has 0 aromatic rings. The minimum Gasteiger partial charge on any atom is -0.298 e. The van der Waals surface area contributed by atoms with Crippen LogP contribution in [0.5, 0.6) is 0 Å². The summed E-state index contributed by atoms with van der Waals surface area (Å²) in [6.45, 7) is 11.5. The van der Waals surface area contributed by atoms with Crippen molar-refractivity contribution in [3.8, 4) is 0 Å². The van der Waals surface area contributed by atoms with Crippen LogP contribution in [0.2, 0.25) is 0 Å². The van der Waals surface area contributed by atoms with Crippen molar-refractivity contribution >= 4 is 5.78 Å². The summed E-state index contributed by atoms with van der Waals surface area (Å²) in [7, 11) is 0. The fourth-order valence-corrected chi connectivity index (χ4v) is 5.35. The van der Waals surface area contributed by atoms with Gasteiger partial charge in [-0.1, -0.05) is 31.9 Å². The van der Waals surface area contributed by atoms with Crippen molar-refractivity contribution in [3.05, 3.63) is 11.1 Å². The van der Waals surface area contributed by atoms with Crippen molar-refractivity contribution in [1.82, 2.24) is 0 Å². The fraction of sp³-hybridized carbons (Fsp3) is 0.824. The Morgan fingerprint density at radius 1 is 1.28 bits per heavy atom. The average Bonchev–Trinajstić information content (AvgIpc) is 2.31. The van der Waals surface area contributed by atoms with Crippen LogP contribution >= 0.6 is 0 Å². The first kappa shape index (κ1) is 12.4. The molecule has 0 aromatic heterocycles. The number of fused-ring (bicyclic) bond motifs is 1. The van der Waals surface area contributed by atoms with Gasteiger partial charge in [-0.05, 0) is 56.8 Å². The second kappa shape index (κ2) is 3.49. The average molecular weight is 246 g/mol. The van der Waals surface area contributed by atoms with Gasteiger partial charge >= 0.3 is 0 Å². The van der Waals surface area contributed by atoms with Gasteiger partial charge in [-0.2, -0.15) is 0 Å². The zero-order chi connectivity index (χ0) is 13.3. The third kappa shape index (κ3) is 1.21. The Balaban J connectivity index is 2.15. The molecule has 1 nitrogen and oxygen atoms in total. The zero-order valence-electron chi connectivity index (χ0n) is 12.5. The summed E-state index contributed by atoms with van der Waals surface area (Å²) in [6, 6.07) is 0. The van der Waals surface area contributed by atoms with E-state index in [9.17, 15) is 4.79 Å². The molecule has 0 heterocycles. The van der Waals surface area contributed by atoms with Crippen molar-refractivity contribution < 1.29 is 4.79 Å². The van der Waals surface area contributed by atoms with E-state index < -0.39 is 0 Å². The second-order valence-electron chi connectivity index (χ2n) is 7.73. The van der Waals surface area contributed by atoms with E-state index >= 15 is 0 Å². The number of ketones is 1. The van der Waals surface area contributed by atoms with Crippen LogP contribution in [0, 0.1) is 28.6 Å². The van der Waals surface area contributed by atoms with Crippen molar-refractivity contribution in [2.75, 3.05) is 0 Å². The molecule has 0 radical (unpaired) electrons. The summed E-state index contributed by atoms with van der Waals surface area (Å²) in [4.78, 5) is 12.9. The van der Waals surface area contributed by atoms with Gasteiger partial charge in [-0.15, -0.1) is 0 Å². The molecule has 1 heteroatoms. The van der Waals surface area contributed by atoms with Crippen molar-refractivity contribution in [1.29, 1.82) is 0 Å². The molecule has 4 aliphatic carbocycles. The van der Waals surface area contributed by atoms with Gasteiger partial charge in [0.2, 0.25) is 0 Å². The van der Waals surface area contributed by atoms with Gasteiger partial charge in [0.25, 0.3) is 0 Å². The van der Waals surface area contributed by atoms with Gasteiger partial charge in [-0.25, -0.2) is 0 Å². The number of Topliss-reactive ketones (excluding diaryl/α,β-unsaturated/α-hetero) is 1. The van der Waals surface area contributed by atoms with E-state index in [1.807, 2.05) is 0 Å². The monoisotopic (exact) mass is 246 g/mol. The van der Waals surface area contributed by atoms with Crippen LogP contribution < -0.4 is 0 Å². The standard InChI is InChI=1S/C17H26O/c1-10(2)13-9-17(5)14-8-12(13)15(18)16(17,4)7-6-11(14)3/h11-12,14H,6-9H2,1-5H3/t11-,12-,14-,16-,17+/m1/s1. The van der Waals surface area contributed by atoms with Gasteiger partial charge in [0, 0.05) is 11.3 Å².